The minimum atomic E-state index is 0.288. The fraction of sp³-hybridized carbons (Fsp3) is 0.667. The Hall–Kier alpha value is -0.860. The van der Waals surface area contributed by atoms with Gasteiger partial charge in [0, 0.05) is 19.2 Å². The second kappa shape index (κ2) is 6.73. The van der Waals surface area contributed by atoms with E-state index in [0.717, 1.165) is 25.3 Å². The molecule has 0 radical (unpaired) electrons. The molecule has 1 aliphatic rings. The molecule has 0 spiro atoms. The van der Waals surface area contributed by atoms with Crippen LogP contribution in [0.25, 0.3) is 0 Å². The summed E-state index contributed by atoms with van der Waals surface area (Å²) in [6, 6.07) is 9.45. The summed E-state index contributed by atoms with van der Waals surface area (Å²) in [6.07, 6.45) is 4.53. The van der Waals surface area contributed by atoms with Crippen molar-refractivity contribution < 1.29 is 5.11 Å². The van der Waals surface area contributed by atoms with Crippen LogP contribution < -0.4 is 5.32 Å². The van der Waals surface area contributed by atoms with Gasteiger partial charge >= 0.3 is 0 Å². The van der Waals surface area contributed by atoms with Crippen LogP contribution in [-0.4, -0.2) is 24.3 Å². The topological polar surface area (TPSA) is 32.3 Å². The molecule has 2 rings (SSSR count). The molecule has 1 fully saturated rings. The van der Waals surface area contributed by atoms with Crippen LogP contribution >= 0.6 is 0 Å². The number of aryl methyl sites for hydroxylation is 1. The Morgan fingerprint density at radius 2 is 1.95 bits per heavy atom. The van der Waals surface area contributed by atoms with Crippen molar-refractivity contribution in [3.63, 3.8) is 0 Å². The van der Waals surface area contributed by atoms with Gasteiger partial charge in [0.2, 0.25) is 0 Å². The molecule has 0 atom stereocenters. The standard InChI is InChI=1S/C18H29NO/c1-14-7-4-5-8-17(14)15-11-16(12-15)19-13-18(2,3)9-6-10-20/h4-5,7-8,15-16,19-20H,6,9-13H2,1-3H3. The Morgan fingerprint density at radius 1 is 1.25 bits per heavy atom. The summed E-state index contributed by atoms with van der Waals surface area (Å²) in [5, 5.41) is 12.6. The van der Waals surface area contributed by atoms with Crippen molar-refractivity contribution in [3.05, 3.63) is 35.4 Å². The van der Waals surface area contributed by atoms with Gasteiger partial charge in [0.1, 0.15) is 0 Å². The maximum absolute atomic E-state index is 8.93. The third-order valence-corrected chi connectivity index (χ3v) is 4.65. The fourth-order valence-electron chi connectivity index (χ4n) is 3.15. The maximum atomic E-state index is 8.93. The number of aliphatic hydroxyl groups is 1. The van der Waals surface area contributed by atoms with Gasteiger partial charge in [-0.25, -0.2) is 0 Å². The lowest BCUT2D eigenvalue weighted by atomic mass is 9.74. The molecule has 0 aliphatic heterocycles. The van der Waals surface area contributed by atoms with E-state index in [2.05, 4.69) is 50.4 Å². The Kier molecular flexibility index (Phi) is 5.22. The first kappa shape index (κ1) is 15.5. The molecule has 2 heteroatoms. The summed E-state index contributed by atoms with van der Waals surface area (Å²) < 4.78 is 0. The summed E-state index contributed by atoms with van der Waals surface area (Å²) in [6.45, 7) is 8.15. The van der Waals surface area contributed by atoms with Crippen molar-refractivity contribution in [2.24, 2.45) is 5.41 Å². The van der Waals surface area contributed by atoms with Crippen LogP contribution in [-0.2, 0) is 0 Å². The van der Waals surface area contributed by atoms with Crippen LogP contribution in [0.1, 0.15) is 56.6 Å². The SMILES string of the molecule is Cc1ccccc1C1CC(NCC(C)(C)CCCO)C1. The summed E-state index contributed by atoms with van der Waals surface area (Å²) in [4.78, 5) is 0. The van der Waals surface area contributed by atoms with E-state index in [9.17, 15) is 0 Å². The van der Waals surface area contributed by atoms with Gasteiger partial charge in [0.05, 0.1) is 0 Å². The normalized spacial score (nSPS) is 22.6. The number of hydrogen-bond acceptors (Lipinski definition) is 2. The lowest BCUT2D eigenvalue weighted by Crippen LogP contribution is -2.44. The minimum Gasteiger partial charge on any atom is -0.396 e. The Balaban J connectivity index is 1.73. The average molecular weight is 275 g/mol. The summed E-state index contributed by atoms with van der Waals surface area (Å²) >= 11 is 0. The van der Waals surface area contributed by atoms with Crippen LogP contribution in [0.3, 0.4) is 0 Å². The Morgan fingerprint density at radius 3 is 2.60 bits per heavy atom. The van der Waals surface area contributed by atoms with Crippen LogP contribution in [0, 0.1) is 12.3 Å². The van der Waals surface area contributed by atoms with Crippen molar-refractivity contribution >= 4 is 0 Å². The van der Waals surface area contributed by atoms with E-state index >= 15 is 0 Å². The molecule has 0 unspecified atom stereocenters. The zero-order chi connectivity index (χ0) is 14.6. The van der Waals surface area contributed by atoms with E-state index in [4.69, 9.17) is 5.11 Å². The third kappa shape index (κ3) is 4.07. The molecular weight excluding hydrogens is 246 g/mol. The number of rotatable bonds is 7. The molecule has 20 heavy (non-hydrogen) atoms. The average Bonchev–Trinajstić information content (AvgIpc) is 2.36. The molecule has 1 aromatic carbocycles. The first-order valence-corrected chi connectivity index (χ1v) is 7.91. The van der Waals surface area contributed by atoms with E-state index in [1.165, 1.54) is 24.0 Å². The highest BCUT2D eigenvalue weighted by Crippen LogP contribution is 2.38. The molecule has 0 aromatic heterocycles. The van der Waals surface area contributed by atoms with E-state index < -0.39 is 0 Å². The second-order valence-electron chi connectivity index (χ2n) is 7.09. The van der Waals surface area contributed by atoms with Crippen molar-refractivity contribution in [2.45, 2.75) is 58.4 Å². The van der Waals surface area contributed by atoms with Gasteiger partial charge in [0.15, 0.2) is 0 Å². The molecule has 0 amide bonds. The monoisotopic (exact) mass is 275 g/mol. The first-order valence-electron chi connectivity index (χ1n) is 7.91. The number of nitrogens with one attached hydrogen (secondary N) is 1. The van der Waals surface area contributed by atoms with Gasteiger partial charge in [-0.1, -0.05) is 38.1 Å². The van der Waals surface area contributed by atoms with Crippen LogP contribution in [0.4, 0.5) is 0 Å². The highest BCUT2D eigenvalue weighted by atomic mass is 16.2. The highest BCUT2D eigenvalue weighted by molar-refractivity contribution is 5.31. The third-order valence-electron chi connectivity index (χ3n) is 4.65. The molecule has 0 saturated heterocycles. The van der Waals surface area contributed by atoms with Crippen molar-refractivity contribution in [1.82, 2.24) is 5.32 Å². The minimum absolute atomic E-state index is 0.288. The van der Waals surface area contributed by atoms with Gasteiger partial charge < -0.3 is 10.4 Å². The van der Waals surface area contributed by atoms with E-state index in [1.807, 2.05) is 0 Å². The van der Waals surface area contributed by atoms with Crippen LogP contribution in [0.15, 0.2) is 24.3 Å². The van der Waals surface area contributed by atoms with Gasteiger partial charge in [-0.05, 0) is 55.1 Å². The van der Waals surface area contributed by atoms with Gasteiger partial charge in [-0.15, -0.1) is 0 Å². The van der Waals surface area contributed by atoms with E-state index in [-0.39, 0.29) is 5.41 Å². The van der Waals surface area contributed by atoms with Crippen molar-refractivity contribution in [1.29, 1.82) is 0 Å². The fourth-order valence-corrected chi connectivity index (χ4v) is 3.15. The first-order chi connectivity index (χ1) is 9.52. The van der Waals surface area contributed by atoms with Gasteiger partial charge in [-0.3, -0.25) is 0 Å². The van der Waals surface area contributed by atoms with Crippen molar-refractivity contribution in [3.8, 4) is 0 Å². The predicted molar refractivity (Wildman–Crippen MR) is 85.0 cm³/mol. The van der Waals surface area contributed by atoms with Crippen molar-refractivity contribution in [2.75, 3.05) is 13.2 Å². The Bertz CT molecular complexity index is 421. The smallest absolute Gasteiger partial charge is 0.0431 e. The van der Waals surface area contributed by atoms with Crippen LogP contribution in [0.5, 0.6) is 0 Å². The number of benzene rings is 1. The molecular formula is C18H29NO. The largest absolute Gasteiger partial charge is 0.396 e. The van der Waals surface area contributed by atoms with Crippen LogP contribution in [0.2, 0.25) is 0 Å². The quantitative estimate of drug-likeness (QED) is 0.796. The lowest BCUT2D eigenvalue weighted by molar-refractivity contribution is 0.210. The second-order valence-corrected chi connectivity index (χ2v) is 7.09. The van der Waals surface area contributed by atoms with E-state index in [1.54, 1.807) is 0 Å². The molecule has 2 N–H and O–H groups in total. The predicted octanol–water partition coefficient (Wildman–Crippen LogP) is 3.63. The molecule has 0 heterocycles. The molecule has 1 aliphatic carbocycles. The summed E-state index contributed by atoms with van der Waals surface area (Å²) in [5.41, 5.74) is 3.25. The highest BCUT2D eigenvalue weighted by Gasteiger charge is 2.31. The number of hydrogen-bond donors (Lipinski definition) is 2. The summed E-state index contributed by atoms with van der Waals surface area (Å²) in [7, 11) is 0. The molecule has 2 nitrogen and oxygen atoms in total. The Labute approximate surface area is 123 Å². The van der Waals surface area contributed by atoms with E-state index in [0.29, 0.717) is 12.6 Å². The van der Waals surface area contributed by atoms with Gasteiger partial charge in [-0.2, -0.15) is 0 Å². The number of aliphatic hydroxyl groups excluding tert-OH is 1. The zero-order valence-corrected chi connectivity index (χ0v) is 13.2. The zero-order valence-electron chi connectivity index (χ0n) is 13.2. The maximum Gasteiger partial charge on any atom is 0.0431 e. The molecule has 1 aromatic rings. The van der Waals surface area contributed by atoms with Gasteiger partial charge in [0.25, 0.3) is 0 Å². The molecule has 1 saturated carbocycles. The molecule has 0 bridgehead atoms. The summed E-state index contributed by atoms with van der Waals surface area (Å²) in [5.74, 6) is 0.745. The lowest BCUT2D eigenvalue weighted by Gasteiger charge is -2.39. The molecule has 112 valence electrons.